The average molecular weight is 512 g/mol. The molecular weight excluding hydrogens is 474 g/mol. The predicted octanol–water partition coefficient (Wildman–Crippen LogP) is 5.58. The lowest BCUT2D eigenvalue weighted by atomic mass is 9.86. The zero-order chi connectivity index (χ0) is 26.6. The van der Waals surface area contributed by atoms with E-state index in [2.05, 4.69) is 78.1 Å². The van der Waals surface area contributed by atoms with Gasteiger partial charge in [0.15, 0.2) is 11.5 Å². The van der Waals surface area contributed by atoms with E-state index in [0.29, 0.717) is 12.1 Å². The van der Waals surface area contributed by atoms with Crippen LogP contribution in [0.5, 0.6) is 5.75 Å². The van der Waals surface area contributed by atoms with Gasteiger partial charge in [0, 0.05) is 43.6 Å². The van der Waals surface area contributed by atoms with Gasteiger partial charge < -0.3 is 24.4 Å². The fourth-order valence-electron chi connectivity index (χ4n) is 5.83. The number of hydrogen-bond acceptors (Lipinski definition) is 7. The molecule has 8 heteroatoms. The Bertz CT molecular complexity index is 1460. The summed E-state index contributed by atoms with van der Waals surface area (Å²) in [6, 6.07) is 15.7. The summed E-state index contributed by atoms with van der Waals surface area (Å²) in [5, 5.41) is 3.67. The Balaban J connectivity index is 1.34. The van der Waals surface area contributed by atoms with Gasteiger partial charge in [-0.25, -0.2) is 4.98 Å². The molecule has 2 fully saturated rings. The zero-order valence-electron chi connectivity index (χ0n) is 23.2. The Morgan fingerprint density at radius 1 is 0.974 bits per heavy atom. The van der Waals surface area contributed by atoms with Crippen molar-refractivity contribution >= 4 is 34.3 Å². The first-order valence-corrected chi connectivity index (χ1v) is 13.5. The molecule has 2 aliphatic rings. The third-order valence-corrected chi connectivity index (χ3v) is 8.07. The molecule has 198 valence electrons. The largest absolute Gasteiger partial charge is 0.497 e. The number of nitrogens with one attached hydrogen (secondary N) is 1. The minimum Gasteiger partial charge on any atom is -0.497 e. The molecular formula is C30H37N7O. The molecule has 6 rings (SSSR count). The van der Waals surface area contributed by atoms with Crippen molar-refractivity contribution in [3.8, 4) is 5.75 Å². The van der Waals surface area contributed by atoms with Gasteiger partial charge in [-0.1, -0.05) is 32.9 Å². The van der Waals surface area contributed by atoms with Crippen LogP contribution in [0.3, 0.4) is 0 Å². The molecule has 38 heavy (non-hydrogen) atoms. The van der Waals surface area contributed by atoms with Crippen molar-refractivity contribution in [2.24, 2.45) is 7.05 Å². The fourth-order valence-corrected chi connectivity index (χ4v) is 5.83. The van der Waals surface area contributed by atoms with Crippen LogP contribution in [0.1, 0.15) is 44.7 Å². The van der Waals surface area contributed by atoms with E-state index in [1.54, 1.807) is 7.11 Å². The molecule has 2 aromatic heterocycles. The maximum absolute atomic E-state index is 5.35. The monoisotopic (exact) mass is 511 g/mol. The predicted molar refractivity (Wildman–Crippen MR) is 154 cm³/mol. The number of rotatable bonds is 5. The van der Waals surface area contributed by atoms with Gasteiger partial charge in [0.2, 0.25) is 5.95 Å². The maximum atomic E-state index is 5.35. The summed E-state index contributed by atoms with van der Waals surface area (Å²) in [5.41, 5.74) is 6.47. The molecule has 2 atom stereocenters. The highest BCUT2D eigenvalue weighted by Gasteiger charge is 2.42. The van der Waals surface area contributed by atoms with Crippen molar-refractivity contribution in [3.05, 3.63) is 59.9 Å². The van der Waals surface area contributed by atoms with Crippen LogP contribution in [-0.2, 0) is 12.5 Å². The quantitative estimate of drug-likeness (QED) is 0.375. The summed E-state index contributed by atoms with van der Waals surface area (Å²) in [6.45, 7) is 10.8. The van der Waals surface area contributed by atoms with Gasteiger partial charge in [0.05, 0.1) is 13.4 Å². The molecule has 0 saturated carbocycles. The van der Waals surface area contributed by atoms with E-state index in [1.165, 1.54) is 16.8 Å². The van der Waals surface area contributed by atoms with Gasteiger partial charge in [-0.15, -0.1) is 0 Å². The number of ether oxygens (including phenoxy) is 1. The van der Waals surface area contributed by atoms with Crippen LogP contribution in [0.25, 0.3) is 11.2 Å². The van der Waals surface area contributed by atoms with E-state index in [9.17, 15) is 0 Å². The number of anilines is 4. The lowest BCUT2D eigenvalue weighted by molar-refractivity contribution is 0.414. The number of methoxy groups -OCH3 is 1. The summed E-state index contributed by atoms with van der Waals surface area (Å²) >= 11 is 0. The van der Waals surface area contributed by atoms with Crippen molar-refractivity contribution in [2.75, 3.05) is 35.3 Å². The number of piperazine rings is 1. The van der Waals surface area contributed by atoms with E-state index >= 15 is 0 Å². The molecule has 0 spiro atoms. The van der Waals surface area contributed by atoms with Crippen LogP contribution in [0.2, 0.25) is 0 Å². The molecule has 2 saturated heterocycles. The van der Waals surface area contributed by atoms with E-state index in [4.69, 9.17) is 14.7 Å². The Hall–Kier alpha value is -3.81. The number of fused-ring (bicyclic) bond motifs is 3. The normalized spacial score (nSPS) is 19.3. The average Bonchev–Trinajstić information content (AvgIpc) is 3.40. The number of aryl methyl sites for hydroxylation is 2. The molecule has 0 aliphatic carbocycles. The third-order valence-electron chi connectivity index (χ3n) is 8.07. The minimum atomic E-state index is 0.0611. The van der Waals surface area contributed by atoms with Crippen molar-refractivity contribution in [1.82, 2.24) is 19.5 Å². The first-order chi connectivity index (χ1) is 18.2. The van der Waals surface area contributed by atoms with Crippen LogP contribution in [0.4, 0.5) is 23.1 Å². The molecule has 0 radical (unpaired) electrons. The van der Waals surface area contributed by atoms with Crippen molar-refractivity contribution in [3.63, 3.8) is 0 Å². The second-order valence-electron chi connectivity index (χ2n) is 11.7. The van der Waals surface area contributed by atoms with E-state index in [0.717, 1.165) is 60.3 Å². The van der Waals surface area contributed by atoms with Gasteiger partial charge in [0.1, 0.15) is 11.3 Å². The Kier molecular flexibility index (Phi) is 5.93. The highest BCUT2D eigenvalue weighted by atomic mass is 16.5. The van der Waals surface area contributed by atoms with E-state index in [1.807, 2.05) is 30.1 Å². The lowest BCUT2D eigenvalue weighted by Crippen LogP contribution is -2.54. The molecule has 0 amide bonds. The lowest BCUT2D eigenvalue weighted by Gasteiger charge is -2.42. The molecule has 2 aliphatic heterocycles. The number of nitrogens with zero attached hydrogens (tertiary/aromatic N) is 6. The molecule has 4 aromatic rings. The van der Waals surface area contributed by atoms with Gasteiger partial charge in [-0.05, 0) is 66.6 Å². The maximum Gasteiger partial charge on any atom is 0.230 e. The first-order valence-electron chi connectivity index (χ1n) is 13.5. The van der Waals surface area contributed by atoms with Crippen molar-refractivity contribution in [2.45, 2.75) is 58.0 Å². The van der Waals surface area contributed by atoms with Crippen molar-refractivity contribution < 1.29 is 4.74 Å². The van der Waals surface area contributed by atoms with Gasteiger partial charge >= 0.3 is 0 Å². The molecule has 2 aromatic carbocycles. The Morgan fingerprint density at radius 3 is 2.34 bits per heavy atom. The highest BCUT2D eigenvalue weighted by molar-refractivity contribution is 5.87. The summed E-state index contributed by atoms with van der Waals surface area (Å²) in [7, 11) is 3.71. The summed E-state index contributed by atoms with van der Waals surface area (Å²) < 4.78 is 7.35. The number of aromatic nitrogens is 4. The summed E-state index contributed by atoms with van der Waals surface area (Å²) in [5.74, 6) is 2.46. The second kappa shape index (κ2) is 9.19. The topological polar surface area (TPSA) is 71.3 Å². The Labute approximate surface area is 224 Å². The van der Waals surface area contributed by atoms with E-state index in [-0.39, 0.29) is 5.41 Å². The Morgan fingerprint density at radius 2 is 1.68 bits per heavy atom. The molecule has 4 heterocycles. The molecule has 1 N–H and O–H groups in total. The molecule has 8 nitrogen and oxygen atoms in total. The highest BCUT2D eigenvalue weighted by Crippen LogP contribution is 2.37. The van der Waals surface area contributed by atoms with Crippen LogP contribution >= 0.6 is 0 Å². The zero-order valence-corrected chi connectivity index (χ0v) is 23.2. The number of hydrogen-bond donors (Lipinski definition) is 1. The SMILES string of the molecule is COc1ccc(N2C[C@H]3CC[C@@H](C2)N3c2nc(Nc3cc(C(C)(C)C)ccc3C)c3c(ncn3C)n2)cc1. The smallest absolute Gasteiger partial charge is 0.230 e. The standard InChI is InChI=1S/C30H37N7O/c1-19-7-8-20(30(2,3)4)15-25(19)32-28-26-27(31-18-35(26)5)33-29(34-28)37-22-9-10-23(37)17-36(16-22)21-11-13-24(38-6)14-12-21/h7-8,11-15,18,22-23H,9-10,16-17H2,1-6H3,(H,32,33,34)/t22-,23+. The molecule has 0 unspecified atom stereocenters. The summed E-state index contributed by atoms with van der Waals surface area (Å²) in [6.07, 6.45) is 4.09. The van der Waals surface area contributed by atoms with Gasteiger partial charge in [0.25, 0.3) is 0 Å². The summed E-state index contributed by atoms with van der Waals surface area (Å²) in [4.78, 5) is 19.7. The van der Waals surface area contributed by atoms with Crippen LogP contribution in [0.15, 0.2) is 48.8 Å². The number of benzene rings is 2. The van der Waals surface area contributed by atoms with Gasteiger partial charge in [-0.3, -0.25) is 0 Å². The van der Waals surface area contributed by atoms with Crippen LogP contribution in [0, 0.1) is 6.92 Å². The second-order valence-corrected chi connectivity index (χ2v) is 11.7. The minimum absolute atomic E-state index is 0.0611. The van der Waals surface area contributed by atoms with E-state index < -0.39 is 0 Å². The first kappa shape index (κ1) is 24.5. The number of imidazole rings is 1. The van der Waals surface area contributed by atoms with Crippen molar-refractivity contribution in [1.29, 1.82) is 0 Å². The van der Waals surface area contributed by atoms with Gasteiger partial charge in [-0.2, -0.15) is 9.97 Å². The molecule has 2 bridgehead atoms. The fraction of sp³-hybridized carbons (Fsp3) is 0.433. The third kappa shape index (κ3) is 4.31. The van der Waals surface area contributed by atoms with Crippen LogP contribution < -0.4 is 19.9 Å². The van der Waals surface area contributed by atoms with Crippen LogP contribution in [-0.4, -0.2) is 51.8 Å².